The van der Waals surface area contributed by atoms with Gasteiger partial charge in [-0.25, -0.2) is 35.7 Å². The molecule has 59 heavy (non-hydrogen) atoms. The molecule has 0 amide bonds. The number of rotatable bonds is 21. The summed E-state index contributed by atoms with van der Waals surface area (Å²) in [7, 11) is -17.0. The van der Waals surface area contributed by atoms with Gasteiger partial charge in [-0.3, -0.25) is 9.11 Å². The zero-order valence-corrected chi connectivity index (χ0v) is 34.5. The lowest BCUT2D eigenvalue weighted by Gasteiger charge is -2.13. The Kier molecular flexibility index (Phi) is 16.1. The Bertz CT molecular complexity index is 2720. The normalized spacial score (nSPS) is 12.9. The van der Waals surface area contributed by atoms with Crippen LogP contribution in [0.4, 0.5) is 28.4 Å². The average molecular weight is 948 g/mol. The van der Waals surface area contributed by atoms with Crippen molar-refractivity contribution in [2.75, 3.05) is 37.6 Å². The third-order valence-electron chi connectivity index (χ3n) is 7.33. The number of sulfone groups is 2. The largest absolute Gasteiger partial charge is 0.505 e. The molecule has 25 nitrogen and oxygen atoms in total. The molecule has 322 valence electrons. The summed E-state index contributed by atoms with van der Waals surface area (Å²) in [6.45, 7) is -0.394. The van der Waals surface area contributed by atoms with Crippen LogP contribution in [-0.2, 0) is 67.6 Å². The van der Waals surface area contributed by atoms with Gasteiger partial charge in [0.25, 0.3) is 0 Å². The molecule has 0 aliphatic heterocycles. The highest BCUT2D eigenvalue weighted by Gasteiger charge is 2.24. The number of fused-ring (bicyclic) bond motifs is 1. The standard InChI is InChI=1S/C28H29N5O20S6/c1-15-11-21(22(47-2)14-25(15)57(39,40)10-8-49-59(44,45)46)31-33-27-24(55-53-51-36)13-18-17(28(27)34)4-5-19(29)26(18)32-30-20-6-3-16(12-23(20)54-52-50-35)56(37,38)9-7-48-58(41,42)43/h3-6,11-14,34-36H,7-10,29H2,1-2H3,(H,41,42,43)(H,44,45,46). The van der Waals surface area contributed by atoms with E-state index in [1.165, 1.54) is 38.3 Å². The monoisotopic (exact) mass is 947 g/mol. The van der Waals surface area contributed by atoms with E-state index in [9.17, 15) is 38.8 Å². The molecule has 0 saturated carbocycles. The highest BCUT2D eigenvalue weighted by atomic mass is 32.3. The molecule has 0 aromatic heterocycles. The van der Waals surface area contributed by atoms with E-state index in [1.54, 1.807) is 0 Å². The molecule has 31 heteroatoms. The Morgan fingerprint density at radius 3 is 1.85 bits per heavy atom. The number of methoxy groups -OCH3 is 1. The molecule has 4 aromatic rings. The predicted octanol–water partition coefficient (Wildman–Crippen LogP) is 5.32. The van der Waals surface area contributed by atoms with Crippen molar-refractivity contribution >= 4 is 104 Å². The van der Waals surface area contributed by atoms with Crippen molar-refractivity contribution in [1.29, 1.82) is 0 Å². The molecule has 4 rings (SSSR count). The number of hydrogen-bond donors (Lipinski definition) is 6. The number of nitrogens with two attached hydrogens (primary N) is 1. The second-order valence-electron chi connectivity index (χ2n) is 11.1. The molecule has 0 saturated heterocycles. The lowest BCUT2D eigenvalue weighted by atomic mass is 10.1. The van der Waals surface area contributed by atoms with Crippen LogP contribution in [0.1, 0.15) is 5.56 Å². The minimum absolute atomic E-state index is 0.00715. The number of nitrogen functional groups attached to an aromatic ring is 1. The van der Waals surface area contributed by atoms with Gasteiger partial charge in [0, 0.05) is 16.8 Å². The van der Waals surface area contributed by atoms with Crippen molar-refractivity contribution in [2.45, 2.75) is 26.5 Å². The molecule has 0 unspecified atom stereocenters. The first-order valence-electron chi connectivity index (χ1n) is 15.3. The molecule has 7 N–H and O–H groups in total. The van der Waals surface area contributed by atoms with Crippen LogP contribution in [0.15, 0.2) is 88.6 Å². The summed E-state index contributed by atoms with van der Waals surface area (Å²) in [6, 6.07) is 9.65. The van der Waals surface area contributed by atoms with Gasteiger partial charge in [0.1, 0.15) is 28.5 Å². The Balaban J connectivity index is 1.76. The van der Waals surface area contributed by atoms with Crippen LogP contribution in [-0.4, -0.2) is 90.2 Å². The van der Waals surface area contributed by atoms with Gasteiger partial charge in [-0.15, -0.1) is 29.1 Å². The lowest BCUT2D eigenvalue weighted by molar-refractivity contribution is -0.432. The molecule has 0 heterocycles. The maximum Gasteiger partial charge on any atom is 0.397 e. The Hall–Kier alpha value is -4.16. The summed E-state index contributed by atoms with van der Waals surface area (Å²) in [5.41, 5.74) is 5.82. The van der Waals surface area contributed by atoms with Crippen molar-refractivity contribution in [2.24, 2.45) is 20.5 Å². The Labute approximate surface area is 342 Å². The summed E-state index contributed by atoms with van der Waals surface area (Å²) in [6.07, 6.45) is 0. The highest BCUT2D eigenvalue weighted by Crippen LogP contribution is 2.48. The molecular weight excluding hydrogens is 919 g/mol. The molecule has 0 aliphatic rings. The second kappa shape index (κ2) is 19.9. The fourth-order valence-corrected chi connectivity index (χ4v) is 9.10. The summed E-state index contributed by atoms with van der Waals surface area (Å²) >= 11 is 0.634. The number of azo groups is 2. The highest BCUT2D eigenvalue weighted by molar-refractivity contribution is 7.95. The van der Waals surface area contributed by atoms with Gasteiger partial charge >= 0.3 is 20.8 Å². The summed E-state index contributed by atoms with van der Waals surface area (Å²) in [4.78, 5) is -0.868. The summed E-state index contributed by atoms with van der Waals surface area (Å²) < 4.78 is 135. The van der Waals surface area contributed by atoms with Crippen molar-refractivity contribution in [3.8, 4) is 11.5 Å². The minimum Gasteiger partial charge on any atom is -0.505 e. The average Bonchev–Trinajstić information content (AvgIpc) is 3.14. The number of benzene rings is 4. The third-order valence-corrected chi connectivity index (χ3v) is 13.0. The third kappa shape index (κ3) is 12.9. The number of hydrogen-bond acceptors (Lipinski definition) is 25. The van der Waals surface area contributed by atoms with E-state index in [1.807, 2.05) is 0 Å². The van der Waals surface area contributed by atoms with Crippen LogP contribution < -0.4 is 10.5 Å². The molecule has 4 aromatic carbocycles. The number of ether oxygens (including phenoxy) is 1. The molecule has 0 aliphatic carbocycles. The molecular formula is C28H29N5O20S6. The van der Waals surface area contributed by atoms with E-state index in [2.05, 4.69) is 47.6 Å². The molecule has 0 bridgehead atoms. The Morgan fingerprint density at radius 1 is 0.678 bits per heavy atom. The first-order chi connectivity index (χ1) is 27.6. The van der Waals surface area contributed by atoms with Crippen molar-refractivity contribution in [3.63, 3.8) is 0 Å². The number of nitrogens with zero attached hydrogens (tertiary/aromatic N) is 4. The lowest BCUT2D eigenvalue weighted by Crippen LogP contribution is -2.16. The van der Waals surface area contributed by atoms with E-state index in [4.69, 9.17) is 30.1 Å². The van der Waals surface area contributed by atoms with Crippen LogP contribution in [0.3, 0.4) is 0 Å². The maximum absolute atomic E-state index is 12.9. The van der Waals surface area contributed by atoms with Gasteiger partial charge in [-0.2, -0.15) is 16.8 Å². The molecule has 0 spiro atoms. The van der Waals surface area contributed by atoms with Crippen molar-refractivity contribution in [1.82, 2.24) is 0 Å². The van der Waals surface area contributed by atoms with E-state index < -0.39 is 70.9 Å². The minimum atomic E-state index is -4.91. The smallest absolute Gasteiger partial charge is 0.397 e. The van der Waals surface area contributed by atoms with Gasteiger partial charge < -0.3 is 15.6 Å². The van der Waals surface area contributed by atoms with Crippen LogP contribution in [0.2, 0.25) is 0 Å². The van der Waals surface area contributed by atoms with Gasteiger partial charge in [-0.1, -0.05) is 10.1 Å². The van der Waals surface area contributed by atoms with E-state index in [0.717, 1.165) is 24.3 Å². The number of aryl methyl sites for hydroxylation is 1. The quantitative estimate of drug-likeness (QED) is 0.0154. The summed E-state index contributed by atoms with van der Waals surface area (Å²) in [5.74, 6) is -2.38. The fourth-order valence-electron chi connectivity index (χ4n) is 4.80. The SMILES string of the molecule is COc1cc(S(=O)(=O)CCOS(=O)(=O)O)c(C)cc1N=Nc1c(SOOO)cc2c(N=Nc3ccc(S(=O)(=O)CCOS(=O)(=O)O)cc3SOOO)c(N)ccc2c1O. The first kappa shape index (κ1) is 47.5. The number of phenolic OH excluding ortho intramolecular Hbond substituents is 1. The fraction of sp³-hybridized carbons (Fsp3) is 0.214. The van der Waals surface area contributed by atoms with Crippen LogP contribution in [0, 0.1) is 6.92 Å². The van der Waals surface area contributed by atoms with Gasteiger partial charge in [0.15, 0.2) is 25.4 Å². The van der Waals surface area contributed by atoms with Crippen LogP contribution in [0.5, 0.6) is 11.5 Å². The molecule has 0 atom stereocenters. The van der Waals surface area contributed by atoms with E-state index >= 15 is 0 Å². The zero-order chi connectivity index (χ0) is 43.8. The number of phenols is 1. The topological polar surface area (TPSA) is 378 Å². The van der Waals surface area contributed by atoms with Gasteiger partial charge in [-0.05, 0) is 55.0 Å². The van der Waals surface area contributed by atoms with E-state index in [-0.39, 0.29) is 70.1 Å². The van der Waals surface area contributed by atoms with Gasteiger partial charge in [0.05, 0.1) is 81.2 Å². The molecule has 0 fully saturated rings. The van der Waals surface area contributed by atoms with Crippen molar-refractivity contribution in [3.05, 3.63) is 54.1 Å². The van der Waals surface area contributed by atoms with E-state index in [0.29, 0.717) is 24.1 Å². The maximum atomic E-state index is 12.9. The number of anilines is 1. The second-order valence-corrected chi connectivity index (χ2v) is 18.9. The van der Waals surface area contributed by atoms with Crippen molar-refractivity contribution < 1.29 is 90.2 Å². The van der Waals surface area contributed by atoms with Gasteiger partial charge in [0.2, 0.25) is 0 Å². The molecule has 0 radical (unpaired) electrons. The zero-order valence-electron chi connectivity index (χ0n) is 29.6. The Morgan fingerprint density at radius 2 is 1.25 bits per heavy atom. The number of aromatic hydroxyl groups is 1. The predicted molar refractivity (Wildman–Crippen MR) is 203 cm³/mol. The first-order valence-corrected chi connectivity index (χ1v) is 22.9. The van der Waals surface area contributed by atoms with Crippen LogP contribution >= 0.6 is 24.1 Å². The summed E-state index contributed by atoms with van der Waals surface area (Å²) in [5, 5.41) is 53.0. The van der Waals surface area contributed by atoms with Crippen LogP contribution in [0.25, 0.3) is 10.8 Å².